The van der Waals surface area contributed by atoms with E-state index < -0.39 is 5.97 Å². The van der Waals surface area contributed by atoms with Crippen LogP contribution in [0.25, 0.3) is 12.2 Å². The van der Waals surface area contributed by atoms with Gasteiger partial charge in [-0.2, -0.15) is 0 Å². The molecule has 0 bridgehead atoms. The van der Waals surface area contributed by atoms with E-state index in [9.17, 15) is 4.79 Å². The number of hydrogen-bond donors (Lipinski definition) is 0. The number of ether oxygens (including phenoxy) is 3. The zero-order valence-corrected chi connectivity index (χ0v) is 13.8. The van der Waals surface area contributed by atoms with Crippen LogP contribution in [0.15, 0.2) is 60.7 Å². The predicted molar refractivity (Wildman–Crippen MR) is 95.0 cm³/mol. The lowest BCUT2D eigenvalue weighted by Crippen LogP contribution is -2.00. The summed E-state index contributed by atoms with van der Waals surface area (Å²) in [6, 6.07) is 15.2. The van der Waals surface area contributed by atoms with Gasteiger partial charge in [0.2, 0.25) is 0 Å². The van der Waals surface area contributed by atoms with Crippen molar-refractivity contribution in [2.45, 2.75) is 0 Å². The largest absolute Gasteiger partial charge is 0.497 e. The first-order chi connectivity index (χ1) is 11.7. The first-order valence-electron chi connectivity index (χ1n) is 7.51. The van der Waals surface area contributed by atoms with Crippen LogP contribution in [0, 0.1) is 0 Å². The summed E-state index contributed by atoms with van der Waals surface area (Å²) in [5.41, 5.74) is 1.84. The zero-order valence-electron chi connectivity index (χ0n) is 13.8. The second kappa shape index (κ2) is 9.20. The van der Waals surface area contributed by atoms with E-state index in [-0.39, 0.29) is 6.61 Å². The average Bonchev–Trinajstić information content (AvgIpc) is 2.64. The Morgan fingerprint density at radius 2 is 1.79 bits per heavy atom. The maximum Gasteiger partial charge on any atom is 0.331 e. The molecule has 0 aromatic heterocycles. The van der Waals surface area contributed by atoms with E-state index >= 15 is 0 Å². The summed E-state index contributed by atoms with van der Waals surface area (Å²) in [6.07, 6.45) is 6.74. The van der Waals surface area contributed by atoms with Crippen LogP contribution in [0.2, 0.25) is 0 Å². The van der Waals surface area contributed by atoms with Crippen molar-refractivity contribution in [1.82, 2.24) is 0 Å². The Kier molecular flexibility index (Phi) is 6.65. The molecule has 0 aliphatic carbocycles. The Morgan fingerprint density at radius 3 is 2.50 bits per heavy atom. The zero-order chi connectivity index (χ0) is 17.2. The van der Waals surface area contributed by atoms with Crippen LogP contribution in [-0.4, -0.2) is 26.8 Å². The van der Waals surface area contributed by atoms with Crippen LogP contribution in [0.3, 0.4) is 0 Å². The molecule has 0 aliphatic heterocycles. The normalized spacial score (nSPS) is 10.9. The van der Waals surface area contributed by atoms with Crippen molar-refractivity contribution in [2.24, 2.45) is 0 Å². The monoisotopic (exact) mass is 324 g/mol. The first kappa shape index (κ1) is 17.3. The van der Waals surface area contributed by atoms with Crippen molar-refractivity contribution >= 4 is 18.1 Å². The number of methoxy groups -OCH3 is 2. The summed E-state index contributed by atoms with van der Waals surface area (Å²) in [6.45, 7) is 0.220. The molecule has 0 spiro atoms. The van der Waals surface area contributed by atoms with Gasteiger partial charge in [-0.15, -0.1) is 0 Å². The highest BCUT2D eigenvalue weighted by Gasteiger charge is 2.03. The third-order valence-electron chi connectivity index (χ3n) is 3.27. The van der Waals surface area contributed by atoms with E-state index in [4.69, 9.17) is 14.2 Å². The number of esters is 1. The molecule has 0 heterocycles. The molecule has 2 rings (SSSR count). The lowest BCUT2D eigenvalue weighted by Gasteiger charge is -2.07. The van der Waals surface area contributed by atoms with Crippen molar-refractivity contribution in [3.63, 3.8) is 0 Å². The van der Waals surface area contributed by atoms with Crippen molar-refractivity contribution in [3.8, 4) is 11.5 Å². The molecule has 24 heavy (non-hydrogen) atoms. The number of rotatable bonds is 7. The van der Waals surface area contributed by atoms with Gasteiger partial charge >= 0.3 is 5.97 Å². The highest BCUT2D eigenvalue weighted by molar-refractivity contribution is 5.87. The van der Waals surface area contributed by atoms with Gasteiger partial charge in [0.05, 0.1) is 14.2 Å². The standard InChI is InChI=1S/C20H20O4/c1-22-18-12-10-17(19(15-18)23-2)11-13-20(21)24-14-6-9-16-7-4-3-5-8-16/h3-13,15H,14H2,1-2H3/b9-6+,13-11+. The van der Waals surface area contributed by atoms with Crippen molar-refractivity contribution in [1.29, 1.82) is 0 Å². The summed E-state index contributed by atoms with van der Waals surface area (Å²) < 4.78 is 15.5. The van der Waals surface area contributed by atoms with E-state index in [0.29, 0.717) is 11.5 Å². The second-order valence-corrected chi connectivity index (χ2v) is 4.88. The first-order valence-corrected chi connectivity index (χ1v) is 7.51. The molecule has 0 atom stereocenters. The SMILES string of the molecule is COc1ccc(/C=C/C(=O)OC/C=C/c2ccccc2)c(OC)c1. The van der Waals surface area contributed by atoms with Crippen LogP contribution < -0.4 is 9.47 Å². The Bertz CT molecular complexity index is 718. The van der Waals surface area contributed by atoms with Gasteiger partial charge in [0.15, 0.2) is 0 Å². The summed E-state index contributed by atoms with van der Waals surface area (Å²) in [5, 5.41) is 0. The molecule has 0 N–H and O–H groups in total. The summed E-state index contributed by atoms with van der Waals surface area (Å²) in [5.74, 6) is 0.908. The summed E-state index contributed by atoms with van der Waals surface area (Å²) in [7, 11) is 3.16. The fourth-order valence-corrected chi connectivity index (χ4v) is 2.04. The number of hydrogen-bond acceptors (Lipinski definition) is 4. The third kappa shape index (κ3) is 5.32. The van der Waals surface area contributed by atoms with Crippen LogP contribution in [-0.2, 0) is 9.53 Å². The highest BCUT2D eigenvalue weighted by atomic mass is 16.5. The van der Waals surface area contributed by atoms with Gasteiger partial charge in [0.1, 0.15) is 18.1 Å². The Balaban J connectivity index is 1.88. The van der Waals surface area contributed by atoms with Gasteiger partial charge in [0.25, 0.3) is 0 Å². The quantitative estimate of drug-likeness (QED) is 0.571. The van der Waals surface area contributed by atoms with E-state index in [1.54, 1.807) is 38.5 Å². The third-order valence-corrected chi connectivity index (χ3v) is 3.27. The van der Waals surface area contributed by atoms with Crippen molar-refractivity contribution < 1.29 is 19.0 Å². The Hall–Kier alpha value is -3.01. The Labute approximate surface area is 142 Å². The predicted octanol–water partition coefficient (Wildman–Crippen LogP) is 3.97. The lowest BCUT2D eigenvalue weighted by atomic mass is 10.2. The molecule has 0 unspecified atom stereocenters. The average molecular weight is 324 g/mol. The number of benzene rings is 2. The van der Waals surface area contributed by atoms with Gasteiger partial charge in [-0.3, -0.25) is 0 Å². The van der Waals surface area contributed by atoms with E-state index in [1.165, 1.54) is 6.08 Å². The summed E-state index contributed by atoms with van der Waals surface area (Å²) in [4.78, 5) is 11.7. The van der Waals surface area contributed by atoms with E-state index in [1.807, 2.05) is 42.5 Å². The van der Waals surface area contributed by atoms with Crippen LogP contribution >= 0.6 is 0 Å². The van der Waals surface area contributed by atoms with Crippen LogP contribution in [0.1, 0.15) is 11.1 Å². The molecule has 124 valence electrons. The molecule has 4 heteroatoms. The molecule has 0 aliphatic rings. The maximum absolute atomic E-state index is 11.7. The fourth-order valence-electron chi connectivity index (χ4n) is 2.04. The van der Waals surface area contributed by atoms with E-state index in [0.717, 1.165) is 11.1 Å². The van der Waals surface area contributed by atoms with Gasteiger partial charge < -0.3 is 14.2 Å². The molecule has 0 saturated heterocycles. The lowest BCUT2D eigenvalue weighted by molar-refractivity contribution is -0.136. The Morgan fingerprint density at radius 1 is 1.00 bits per heavy atom. The van der Waals surface area contributed by atoms with Crippen molar-refractivity contribution in [2.75, 3.05) is 20.8 Å². The van der Waals surface area contributed by atoms with Gasteiger partial charge in [0, 0.05) is 17.7 Å². The minimum absolute atomic E-state index is 0.220. The second-order valence-electron chi connectivity index (χ2n) is 4.88. The highest BCUT2D eigenvalue weighted by Crippen LogP contribution is 2.25. The minimum atomic E-state index is -0.411. The van der Waals surface area contributed by atoms with Gasteiger partial charge in [-0.05, 0) is 29.8 Å². The minimum Gasteiger partial charge on any atom is -0.497 e. The molecule has 0 radical (unpaired) electrons. The molecule has 0 saturated carbocycles. The molecule has 2 aromatic carbocycles. The van der Waals surface area contributed by atoms with Crippen LogP contribution in [0.4, 0.5) is 0 Å². The summed E-state index contributed by atoms with van der Waals surface area (Å²) >= 11 is 0. The molecule has 4 nitrogen and oxygen atoms in total. The molecule has 0 fully saturated rings. The van der Waals surface area contributed by atoms with Gasteiger partial charge in [-0.25, -0.2) is 4.79 Å². The van der Waals surface area contributed by atoms with Crippen LogP contribution in [0.5, 0.6) is 11.5 Å². The molecule has 2 aromatic rings. The van der Waals surface area contributed by atoms with Crippen molar-refractivity contribution in [3.05, 3.63) is 71.8 Å². The van der Waals surface area contributed by atoms with Gasteiger partial charge in [-0.1, -0.05) is 36.4 Å². The number of carbonyl (C=O) groups excluding carboxylic acids is 1. The topological polar surface area (TPSA) is 44.8 Å². The maximum atomic E-state index is 11.7. The fraction of sp³-hybridized carbons (Fsp3) is 0.150. The molecular weight excluding hydrogens is 304 g/mol. The molecule has 0 amide bonds. The van der Waals surface area contributed by atoms with E-state index in [2.05, 4.69) is 0 Å². The number of carbonyl (C=O) groups is 1. The molecular formula is C20H20O4. The smallest absolute Gasteiger partial charge is 0.331 e.